The van der Waals surface area contributed by atoms with E-state index >= 15 is 0 Å². The van der Waals surface area contributed by atoms with Gasteiger partial charge in [-0.2, -0.15) is 5.10 Å². The van der Waals surface area contributed by atoms with Gasteiger partial charge in [0.15, 0.2) is 11.0 Å². The Hall–Kier alpha value is -2.61. The van der Waals surface area contributed by atoms with Crippen LogP contribution in [0.2, 0.25) is 0 Å². The van der Waals surface area contributed by atoms with Crippen molar-refractivity contribution in [1.82, 2.24) is 24.5 Å². The van der Waals surface area contributed by atoms with Gasteiger partial charge in [-0.15, -0.1) is 10.2 Å². The largest absolute Gasteiger partial charge is 0.481 e. The van der Waals surface area contributed by atoms with E-state index in [1.807, 2.05) is 61.9 Å². The van der Waals surface area contributed by atoms with Gasteiger partial charge in [0.1, 0.15) is 5.69 Å². The molecule has 3 aromatic rings. The van der Waals surface area contributed by atoms with E-state index in [-0.39, 0.29) is 11.8 Å². The van der Waals surface area contributed by atoms with Crippen molar-refractivity contribution in [3.05, 3.63) is 47.7 Å². The second-order valence-corrected chi connectivity index (χ2v) is 6.68. The SMILES string of the molecule is Cc1cc(-c2nnc(SCC(=O)O)n2[C@H](C)c2ccccc2)nn1C. The minimum Gasteiger partial charge on any atom is -0.481 e. The van der Waals surface area contributed by atoms with Gasteiger partial charge in [-0.05, 0) is 25.5 Å². The molecule has 0 spiro atoms. The highest BCUT2D eigenvalue weighted by Crippen LogP contribution is 2.30. The van der Waals surface area contributed by atoms with E-state index in [1.165, 1.54) is 0 Å². The van der Waals surface area contributed by atoms with Gasteiger partial charge in [0.2, 0.25) is 0 Å². The maximum absolute atomic E-state index is 11.0. The number of carboxylic acids is 1. The van der Waals surface area contributed by atoms with Gasteiger partial charge in [0.25, 0.3) is 0 Å². The summed E-state index contributed by atoms with van der Waals surface area (Å²) in [6, 6.07) is 11.9. The van der Waals surface area contributed by atoms with Crippen LogP contribution in [0.15, 0.2) is 41.6 Å². The van der Waals surface area contributed by atoms with Crippen LogP contribution in [0.4, 0.5) is 0 Å². The number of thioether (sulfide) groups is 1. The van der Waals surface area contributed by atoms with E-state index in [0.29, 0.717) is 11.0 Å². The molecule has 0 radical (unpaired) electrons. The van der Waals surface area contributed by atoms with Crippen molar-refractivity contribution in [2.75, 3.05) is 5.75 Å². The lowest BCUT2D eigenvalue weighted by Gasteiger charge is -2.17. The zero-order valence-electron chi connectivity index (χ0n) is 14.2. The van der Waals surface area contributed by atoms with Crippen molar-refractivity contribution in [2.24, 2.45) is 7.05 Å². The average Bonchev–Trinajstić information content (AvgIpc) is 3.16. The number of carboxylic acid groups (broad SMARTS) is 1. The zero-order valence-corrected chi connectivity index (χ0v) is 15.1. The van der Waals surface area contributed by atoms with Crippen LogP contribution in [0.5, 0.6) is 0 Å². The summed E-state index contributed by atoms with van der Waals surface area (Å²) >= 11 is 1.16. The topological polar surface area (TPSA) is 85.8 Å². The van der Waals surface area contributed by atoms with Gasteiger partial charge >= 0.3 is 5.97 Å². The second kappa shape index (κ2) is 7.10. The fourth-order valence-corrected chi connectivity index (χ4v) is 3.31. The molecule has 0 amide bonds. The third kappa shape index (κ3) is 3.58. The second-order valence-electron chi connectivity index (χ2n) is 5.74. The smallest absolute Gasteiger partial charge is 0.313 e. The van der Waals surface area contributed by atoms with Crippen molar-refractivity contribution >= 4 is 17.7 Å². The lowest BCUT2D eigenvalue weighted by atomic mass is 10.1. The van der Waals surface area contributed by atoms with Crippen LogP contribution in [-0.4, -0.2) is 41.4 Å². The molecule has 1 aromatic carbocycles. The molecule has 3 rings (SSSR count). The normalized spacial score (nSPS) is 12.3. The molecule has 0 saturated heterocycles. The summed E-state index contributed by atoms with van der Waals surface area (Å²) in [5.41, 5.74) is 2.82. The predicted molar refractivity (Wildman–Crippen MR) is 95.6 cm³/mol. The monoisotopic (exact) mass is 357 g/mol. The zero-order chi connectivity index (χ0) is 18.0. The van der Waals surface area contributed by atoms with Crippen molar-refractivity contribution in [1.29, 1.82) is 0 Å². The molecule has 0 aliphatic heterocycles. The molecule has 8 heteroatoms. The number of benzene rings is 1. The van der Waals surface area contributed by atoms with Gasteiger partial charge in [-0.3, -0.25) is 14.0 Å². The molecule has 25 heavy (non-hydrogen) atoms. The van der Waals surface area contributed by atoms with Crippen LogP contribution in [0.25, 0.3) is 11.5 Å². The Morgan fingerprint density at radius 3 is 2.60 bits per heavy atom. The third-order valence-corrected chi connectivity index (χ3v) is 4.93. The molecule has 0 fully saturated rings. The molecule has 2 aromatic heterocycles. The van der Waals surface area contributed by atoms with Crippen molar-refractivity contribution in [3.8, 4) is 11.5 Å². The number of hydrogen-bond acceptors (Lipinski definition) is 5. The Morgan fingerprint density at radius 1 is 1.28 bits per heavy atom. The summed E-state index contributed by atoms with van der Waals surface area (Å²) in [4.78, 5) is 11.0. The highest BCUT2D eigenvalue weighted by atomic mass is 32.2. The minimum absolute atomic E-state index is 0.0511. The highest BCUT2D eigenvalue weighted by molar-refractivity contribution is 7.99. The predicted octanol–water partition coefficient (Wildman–Crippen LogP) is 2.77. The Kier molecular flexibility index (Phi) is 4.89. The molecule has 0 aliphatic carbocycles. The van der Waals surface area contributed by atoms with Gasteiger partial charge in [-0.25, -0.2) is 0 Å². The first-order valence-electron chi connectivity index (χ1n) is 7.83. The van der Waals surface area contributed by atoms with E-state index in [2.05, 4.69) is 15.3 Å². The first kappa shape index (κ1) is 17.2. The minimum atomic E-state index is -0.887. The van der Waals surface area contributed by atoms with Crippen molar-refractivity contribution in [3.63, 3.8) is 0 Å². The quantitative estimate of drug-likeness (QED) is 0.683. The molecule has 0 bridgehead atoms. The number of rotatable bonds is 6. The van der Waals surface area contributed by atoms with Crippen LogP contribution in [-0.2, 0) is 11.8 Å². The molecule has 0 unspecified atom stereocenters. The summed E-state index contributed by atoms with van der Waals surface area (Å²) < 4.78 is 3.73. The maximum Gasteiger partial charge on any atom is 0.313 e. The Morgan fingerprint density at radius 2 is 2.00 bits per heavy atom. The number of aromatic nitrogens is 5. The van der Waals surface area contributed by atoms with E-state index in [1.54, 1.807) is 4.68 Å². The maximum atomic E-state index is 11.0. The van der Waals surface area contributed by atoms with Gasteiger partial charge < -0.3 is 5.11 Å². The van der Waals surface area contributed by atoms with E-state index in [9.17, 15) is 4.79 Å². The van der Waals surface area contributed by atoms with Gasteiger partial charge in [-0.1, -0.05) is 42.1 Å². The first-order valence-corrected chi connectivity index (χ1v) is 8.81. The van der Waals surface area contributed by atoms with Crippen LogP contribution in [0.3, 0.4) is 0 Å². The van der Waals surface area contributed by atoms with Crippen molar-refractivity contribution in [2.45, 2.75) is 25.0 Å². The van der Waals surface area contributed by atoms with E-state index in [4.69, 9.17) is 5.11 Å². The number of hydrogen-bond donors (Lipinski definition) is 1. The standard InChI is InChI=1S/C17H19N5O2S/c1-11-9-14(20-21(11)3)16-18-19-17(25-10-15(23)24)22(16)12(2)13-7-5-4-6-8-13/h4-9,12H,10H2,1-3H3,(H,23,24)/t12-/m1/s1. The Labute approximate surface area is 149 Å². The summed E-state index contributed by atoms with van der Waals surface area (Å²) in [5, 5.41) is 22.6. The fraction of sp³-hybridized carbons (Fsp3) is 0.294. The first-order chi connectivity index (χ1) is 12.0. The van der Waals surface area contributed by atoms with Crippen LogP contribution in [0.1, 0.15) is 24.2 Å². The number of aliphatic carboxylic acids is 1. The molecule has 0 aliphatic rings. The number of aryl methyl sites for hydroxylation is 2. The van der Waals surface area contributed by atoms with Crippen molar-refractivity contribution < 1.29 is 9.90 Å². The molecule has 1 atom stereocenters. The number of nitrogens with zero attached hydrogens (tertiary/aromatic N) is 5. The molecular formula is C17H19N5O2S. The Balaban J connectivity index is 2.07. The van der Waals surface area contributed by atoms with Crippen LogP contribution < -0.4 is 0 Å². The lowest BCUT2D eigenvalue weighted by molar-refractivity contribution is -0.133. The van der Waals surface area contributed by atoms with E-state index in [0.717, 1.165) is 28.7 Å². The van der Waals surface area contributed by atoms with Crippen LogP contribution >= 0.6 is 11.8 Å². The van der Waals surface area contributed by atoms with Gasteiger partial charge in [0.05, 0.1) is 11.8 Å². The molecule has 130 valence electrons. The van der Waals surface area contributed by atoms with Gasteiger partial charge in [0, 0.05) is 12.7 Å². The summed E-state index contributed by atoms with van der Waals surface area (Å²) in [6.07, 6.45) is 0. The molecule has 1 N–H and O–H groups in total. The molecule has 2 heterocycles. The fourth-order valence-electron chi connectivity index (χ4n) is 2.58. The molecule has 0 saturated carbocycles. The van der Waals surface area contributed by atoms with E-state index < -0.39 is 5.97 Å². The summed E-state index contributed by atoms with van der Waals surface area (Å²) in [5.74, 6) is -0.323. The summed E-state index contributed by atoms with van der Waals surface area (Å²) in [6.45, 7) is 4.01. The average molecular weight is 357 g/mol. The molecular weight excluding hydrogens is 338 g/mol. The lowest BCUT2D eigenvalue weighted by Crippen LogP contribution is -2.11. The highest BCUT2D eigenvalue weighted by Gasteiger charge is 2.22. The Bertz CT molecular complexity index is 868. The van der Waals surface area contributed by atoms with Crippen LogP contribution in [0, 0.1) is 6.92 Å². The number of carbonyl (C=O) groups is 1. The third-order valence-electron chi connectivity index (χ3n) is 4.00. The molecule has 7 nitrogen and oxygen atoms in total. The summed E-state index contributed by atoms with van der Waals surface area (Å²) in [7, 11) is 1.88.